The van der Waals surface area contributed by atoms with E-state index in [2.05, 4.69) is 17.2 Å². The molecule has 0 aromatic carbocycles. The van der Waals surface area contributed by atoms with Crippen molar-refractivity contribution in [3.05, 3.63) is 10.4 Å². The van der Waals surface area contributed by atoms with Gasteiger partial charge in [-0.2, -0.15) is 0 Å². The highest BCUT2D eigenvalue weighted by Gasteiger charge is 2.29. The van der Waals surface area contributed by atoms with Crippen molar-refractivity contribution in [3.63, 3.8) is 0 Å². The summed E-state index contributed by atoms with van der Waals surface area (Å²) < 4.78 is 11.0. The molecular weight excluding hydrogens is 224 g/mol. The highest BCUT2D eigenvalue weighted by Crippen LogP contribution is 2.27. The van der Waals surface area contributed by atoms with Crippen LogP contribution in [-0.2, 0) is 11.3 Å². The minimum absolute atomic E-state index is 0.0658. The van der Waals surface area contributed by atoms with E-state index >= 15 is 0 Å². The van der Waals surface area contributed by atoms with Gasteiger partial charge in [0.25, 0.3) is 0 Å². The van der Waals surface area contributed by atoms with Crippen molar-refractivity contribution in [2.45, 2.75) is 32.0 Å². The summed E-state index contributed by atoms with van der Waals surface area (Å²) in [4.78, 5) is 4.39. The summed E-state index contributed by atoms with van der Waals surface area (Å²) in [6, 6.07) is 0. The number of ether oxygens (including phenoxy) is 2. The SMILES string of the molecule is COCc1nc(OC2(C)CCNCC2)cs1. The maximum absolute atomic E-state index is 5.97. The van der Waals surface area contributed by atoms with Gasteiger partial charge in [0, 0.05) is 7.11 Å². The minimum atomic E-state index is -0.0658. The number of rotatable bonds is 4. The molecular formula is C11H18N2O2S. The van der Waals surface area contributed by atoms with Crippen molar-refractivity contribution in [2.24, 2.45) is 0 Å². The van der Waals surface area contributed by atoms with Gasteiger partial charge in [0.05, 0.1) is 12.0 Å². The molecule has 1 fully saturated rings. The first kappa shape index (κ1) is 11.8. The molecule has 0 radical (unpaired) electrons. The van der Waals surface area contributed by atoms with Gasteiger partial charge in [0.1, 0.15) is 10.6 Å². The predicted molar refractivity (Wildman–Crippen MR) is 64.0 cm³/mol. The molecule has 5 heteroatoms. The molecule has 1 aliphatic rings. The van der Waals surface area contributed by atoms with Gasteiger partial charge >= 0.3 is 0 Å². The van der Waals surface area contributed by atoms with Crippen molar-refractivity contribution in [3.8, 4) is 5.88 Å². The summed E-state index contributed by atoms with van der Waals surface area (Å²) in [5.74, 6) is 0.737. The molecule has 16 heavy (non-hydrogen) atoms. The number of hydrogen-bond acceptors (Lipinski definition) is 5. The molecule has 0 saturated carbocycles. The van der Waals surface area contributed by atoms with Gasteiger partial charge in [-0.3, -0.25) is 0 Å². The van der Waals surface area contributed by atoms with E-state index in [-0.39, 0.29) is 5.60 Å². The molecule has 4 nitrogen and oxygen atoms in total. The number of thiazole rings is 1. The van der Waals surface area contributed by atoms with Crippen LogP contribution in [0.15, 0.2) is 5.38 Å². The van der Waals surface area contributed by atoms with Crippen molar-refractivity contribution in [1.29, 1.82) is 0 Å². The monoisotopic (exact) mass is 242 g/mol. The summed E-state index contributed by atoms with van der Waals surface area (Å²) in [6.45, 7) is 4.76. The third-order valence-corrected chi connectivity index (χ3v) is 3.61. The standard InChI is InChI=1S/C11H18N2O2S/c1-11(3-5-12-6-4-11)15-9-8-16-10(13-9)7-14-2/h8,12H,3-7H2,1-2H3. The van der Waals surface area contributed by atoms with E-state index < -0.39 is 0 Å². The number of nitrogens with one attached hydrogen (secondary N) is 1. The number of piperidine rings is 1. The van der Waals surface area contributed by atoms with Crippen molar-refractivity contribution < 1.29 is 9.47 Å². The van der Waals surface area contributed by atoms with E-state index in [1.807, 2.05) is 5.38 Å². The zero-order chi connectivity index (χ0) is 11.4. The Labute approximate surface area is 100.0 Å². The van der Waals surface area contributed by atoms with E-state index in [1.54, 1.807) is 18.4 Å². The van der Waals surface area contributed by atoms with Gasteiger partial charge in [-0.25, -0.2) is 4.98 Å². The number of hydrogen-bond donors (Lipinski definition) is 1. The largest absolute Gasteiger partial charge is 0.471 e. The summed E-state index contributed by atoms with van der Waals surface area (Å²) in [7, 11) is 1.68. The Balaban J connectivity index is 1.96. The zero-order valence-electron chi connectivity index (χ0n) is 9.78. The van der Waals surface area contributed by atoms with E-state index in [0.717, 1.165) is 36.8 Å². The lowest BCUT2D eigenvalue weighted by Crippen LogP contribution is -2.43. The number of methoxy groups -OCH3 is 1. The Morgan fingerprint density at radius 2 is 2.25 bits per heavy atom. The van der Waals surface area contributed by atoms with E-state index in [4.69, 9.17) is 9.47 Å². The first-order valence-electron chi connectivity index (χ1n) is 5.55. The lowest BCUT2D eigenvalue weighted by atomic mass is 9.95. The van der Waals surface area contributed by atoms with Crippen LogP contribution in [0, 0.1) is 0 Å². The molecule has 0 unspecified atom stereocenters. The van der Waals surface area contributed by atoms with Gasteiger partial charge in [0.15, 0.2) is 0 Å². The number of nitrogens with zero attached hydrogens (tertiary/aromatic N) is 1. The van der Waals surface area contributed by atoms with Crippen LogP contribution in [0.25, 0.3) is 0 Å². The first-order valence-corrected chi connectivity index (χ1v) is 6.43. The highest BCUT2D eigenvalue weighted by molar-refractivity contribution is 7.09. The molecule has 1 aromatic rings. The van der Waals surface area contributed by atoms with Crippen molar-refractivity contribution in [2.75, 3.05) is 20.2 Å². The predicted octanol–water partition coefficient (Wildman–Crippen LogP) is 1.81. The van der Waals surface area contributed by atoms with Crippen LogP contribution in [-0.4, -0.2) is 30.8 Å². The first-order chi connectivity index (χ1) is 7.72. The smallest absolute Gasteiger partial charge is 0.225 e. The normalized spacial score (nSPS) is 19.6. The Morgan fingerprint density at radius 1 is 1.50 bits per heavy atom. The summed E-state index contributed by atoms with van der Waals surface area (Å²) in [5.41, 5.74) is -0.0658. The second kappa shape index (κ2) is 5.12. The second-order valence-corrected chi connectivity index (χ2v) is 5.26. The van der Waals surface area contributed by atoms with E-state index in [1.165, 1.54) is 0 Å². The molecule has 1 N–H and O–H groups in total. The Bertz CT molecular complexity index is 334. The van der Waals surface area contributed by atoms with Crippen LogP contribution in [0.3, 0.4) is 0 Å². The molecule has 0 spiro atoms. The average molecular weight is 242 g/mol. The number of aromatic nitrogens is 1. The third-order valence-electron chi connectivity index (χ3n) is 2.81. The summed E-state index contributed by atoms with van der Waals surface area (Å²) in [5, 5.41) is 6.26. The van der Waals surface area contributed by atoms with Crippen LogP contribution >= 0.6 is 11.3 Å². The highest BCUT2D eigenvalue weighted by atomic mass is 32.1. The Hall–Kier alpha value is -0.650. The van der Waals surface area contributed by atoms with Gasteiger partial charge in [-0.15, -0.1) is 11.3 Å². The van der Waals surface area contributed by atoms with Gasteiger partial charge in [0.2, 0.25) is 5.88 Å². The second-order valence-electron chi connectivity index (χ2n) is 4.31. The lowest BCUT2D eigenvalue weighted by Gasteiger charge is -2.33. The minimum Gasteiger partial charge on any atom is -0.471 e. The Kier molecular flexibility index (Phi) is 3.78. The van der Waals surface area contributed by atoms with Gasteiger partial charge < -0.3 is 14.8 Å². The fourth-order valence-electron chi connectivity index (χ4n) is 1.84. The molecule has 1 aromatic heterocycles. The lowest BCUT2D eigenvalue weighted by molar-refractivity contribution is 0.0510. The van der Waals surface area contributed by atoms with Gasteiger partial charge in [-0.1, -0.05) is 0 Å². The molecule has 0 aliphatic carbocycles. The molecule has 90 valence electrons. The summed E-state index contributed by atoms with van der Waals surface area (Å²) in [6.07, 6.45) is 2.06. The van der Waals surface area contributed by atoms with Crippen LogP contribution in [0.1, 0.15) is 24.8 Å². The molecule has 2 heterocycles. The molecule has 2 rings (SSSR count). The van der Waals surface area contributed by atoms with Crippen LogP contribution in [0.5, 0.6) is 5.88 Å². The van der Waals surface area contributed by atoms with Crippen molar-refractivity contribution >= 4 is 11.3 Å². The quantitative estimate of drug-likeness (QED) is 0.874. The van der Waals surface area contributed by atoms with Crippen LogP contribution in [0.4, 0.5) is 0 Å². The average Bonchev–Trinajstić information content (AvgIpc) is 2.66. The van der Waals surface area contributed by atoms with Crippen molar-refractivity contribution in [1.82, 2.24) is 10.3 Å². The summed E-state index contributed by atoms with van der Waals surface area (Å²) >= 11 is 1.58. The molecule has 0 bridgehead atoms. The molecule has 0 amide bonds. The maximum atomic E-state index is 5.97. The van der Waals surface area contributed by atoms with Crippen LogP contribution < -0.4 is 10.1 Å². The Morgan fingerprint density at radius 3 is 2.94 bits per heavy atom. The molecule has 1 saturated heterocycles. The van der Waals surface area contributed by atoms with E-state index in [9.17, 15) is 0 Å². The third kappa shape index (κ3) is 2.93. The molecule has 1 aliphatic heterocycles. The van der Waals surface area contributed by atoms with Crippen LogP contribution in [0.2, 0.25) is 0 Å². The fourth-order valence-corrected chi connectivity index (χ4v) is 2.51. The molecule has 0 atom stereocenters. The maximum Gasteiger partial charge on any atom is 0.225 e. The van der Waals surface area contributed by atoms with Gasteiger partial charge in [-0.05, 0) is 32.9 Å². The zero-order valence-corrected chi connectivity index (χ0v) is 10.6. The fraction of sp³-hybridized carbons (Fsp3) is 0.727. The topological polar surface area (TPSA) is 43.4 Å². The van der Waals surface area contributed by atoms with E-state index in [0.29, 0.717) is 6.61 Å².